The molecule has 3 aromatic carbocycles. The summed E-state index contributed by atoms with van der Waals surface area (Å²) in [4.78, 5) is 22.1. The van der Waals surface area contributed by atoms with Gasteiger partial charge in [0.2, 0.25) is 0 Å². The average molecular weight is 461 g/mol. The van der Waals surface area contributed by atoms with Crippen LogP contribution in [0.2, 0.25) is 0 Å². The third kappa shape index (κ3) is 4.94. The molecule has 0 aliphatic carbocycles. The largest absolute Gasteiger partial charge is 0.494 e. The number of hydrogen-bond donors (Lipinski definition) is 1. The number of nitrogens with one attached hydrogen (secondary N) is 1. The molecule has 2 heterocycles. The number of piperazine rings is 1. The predicted molar refractivity (Wildman–Crippen MR) is 136 cm³/mol. The van der Waals surface area contributed by atoms with E-state index in [0.717, 1.165) is 64.6 Å². The first kappa shape index (κ1) is 21.7. The first-order chi connectivity index (χ1) is 16.2. The normalized spacial score (nSPS) is 14.6. The Hall–Kier alpha value is -3.16. The van der Waals surface area contributed by atoms with Gasteiger partial charge in [0.1, 0.15) is 5.75 Å². The highest BCUT2D eigenvalue weighted by Gasteiger charge is 2.20. The number of aromatic nitrogens is 1. The molecule has 0 spiro atoms. The highest BCUT2D eigenvalue weighted by Crippen LogP contribution is 2.32. The summed E-state index contributed by atoms with van der Waals surface area (Å²) in [6.45, 7) is 7.97. The van der Waals surface area contributed by atoms with Crippen molar-refractivity contribution in [2.75, 3.05) is 50.8 Å². The highest BCUT2D eigenvalue weighted by molar-refractivity contribution is 7.22. The van der Waals surface area contributed by atoms with E-state index in [1.165, 1.54) is 0 Å². The summed E-state index contributed by atoms with van der Waals surface area (Å²) in [6, 6.07) is 20.1. The molecule has 1 aliphatic heterocycles. The zero-order valence-corrected chi connectivity index (χ0v) is 19.6. The molecule has 1 N–H and O–H groups in total. The van der Waals surface area contributed by atoms with Crippen molar-refractivity contribution in [1.82, 2.24) is 15.2 Å². The van der Waals surface area contributed by atoms with Crippen LogP contribution in [0.4, 0.5) is 5.13 Å². The molecular weight excluding hydrogens is 432 g/mol. The molecule has 0 atom stereocenters. The van der Waals surface area contributed by atoms with Crippen LogP contribution in [0.25, 0.3) is 21.0 Å². The maximum Gasteiger partial charge on any atom is 0.251 e. The molecule has 1 fully saturated rings. The summed E-state index contributed by atoms with van der Waals surface area (Å²) in [5.74, 6) is 0.885. The number of fused-ring (bicyclic) bond motifs is 2. The summed E-state index contributed by atoms with van der Waals surface area (Å²) in [5.41, 5.74) is 1.74. The number of ether oxygens (including phenoxy) is 1. The first-order valence-electron chi connectivity index (χ1n) is 11.5. The molecule has 0 radical (unpaired) electrons. The SMILES string of the molecule is CCOc1ccc2nc(N3CCN(CCNC(=O)c4ccc5ccccc5c4)CC3)sc2c1. The molecule has 33 heavy (non-hydrogen) atoms. The smallest absolute Gasteiger partial charge is 0.251 e. The minimum atomic E-state index is -0.0136. The van der Waals surface area contributed by atoms with E-state index in [1.807, 2.05) is 55.5 Å². The van der Waals surface area contributed by atoms with Crippen LogP contribution in [0.5, 0.6) is 5.75 Å². The van der Waals surface area contributed by atoms with Gasteiger partial charge in [-0.05, 0) is 48.0 Å². The lowest BCUT2D eigenvalue weighted by Gasteiger charge is -2.34. The molecule has 0 saturated carbocycles. The zero-order chi connectivity index (χ0) is 22.6. The van der Waals surface area contributed by atoms with E-state index in [9.17, 15) is 4.79 Å². The van der Waals surface area contributed by atoms with Crippen LogP contribution in [0.1, 0.15) is 17.3 Å². The van der Waals surface area contributed by atoms with Crippen LogP contribution in [-0.2, 0) is 0 Å². The van der Waals surface area contributed by atoms with Crippen LogP contribution in [0, 0.1) is 0 Å². The Bertz CT molecular complexity index is 1260. The van der Waals surface area contributed by atoms with Crippen molar-refractivity contribution >= 4 is 43.4 Å². The molecule has 1 saturated heterocycles. The molecule has 0 unspecified atom stereocenters. The Morgan fingerprint density at radius 3 is 2.67 bits per heavy atom. The van der Waals surface area contributed by atoms with E-state index in [0.29, 0.717) is 18.7 Å². The zero-order valence-electron chi connectivity index (χ0n) is 18.8. The lowest BCUT2D eigenvalue weighted by molar-refractivity contribution is 0.0948. The Kier molecular flexibility index (Phi) is 6.41. The highest BCUT2D eigenvalue weighted by atomic mass is 32.1. The van der Waals surface area contributed by atoms with Crippen LogP contribution in [-0.4, -0.2) is 61.7 Å². The Morgan fingerprint density at radius 1 is 1.03 bits per heavy atom. The molecule has 170 valence electrons. The van der Waals surface area contributed by atoms with Crippen LogP contribution >= 0.6 is 11.3 Å². The van der Waals surface area contributed by atoms with Gasteiger partial charge in [0.05, 0.1) is 16.8 Å². The fourth-order valence-electron chi connectivity index (χ4n) is 4.21. The number of benzene rings is 3. The average Bonchev–Trinajstić information content (AvgIpc) is 3.28. The molecule has 5 rings (SSSR count). The first-order valence-corrected chi connectivity index (χ1v) is 12.3. The number of amides is 1. The molecule has 1 amide bonds. The van der Waals surface area contributed by atoms with E-state index >= 15 is 0 Å². The Morgan fingerprint density at radius 2 is 1.85 bits per heavy atom. The minimum absolute atomic E-state index is 0.0136. The lowest BCUT2D eigenvalue weighted by atomic mass is 10.1. The van der Waals surface area contributed by atoms with Gasteiger partial charge >= 0.3 is 0 Å². The van der Waals surface area contributed by atoms with Crippen molar-refractivity contribution in [1.29, 1.82) is 0 Å². The second-order valence-electron chi connectivity index (χ2n) is 8.21. The molecule has 4 aromatic rings. The quantitative estimate of drug-likeness (QED) is 0.443. The molecule has 7 heteroatoms. The van der Waals surface area contributed by atoms with Gasteiger partial charge in [-0.15, -0.1) is 0 Å². The van der Waals surface area contributed by atoms with Crippen molar-refractivity contribution < 1.29 is 9.53 Å². The van der Waals surface area contributed by atoms with Crippen molar-refractivity contribution in [3.8, 4) is 5.75 Å². The number of hydrogen-bond acceptors (Lipinski definition) is 6. The summed E-state index contributed by atoms with van der Waals surface area (Å²) in [5, 5.41) is 6.38. The van der Waals surface area contributed by atoms with Gasteiger partial charge in [0, 0.05) is 44.8 Å². The monoisotopic (exact) mass is 460 g/mol. The molecular formula is C26H28N4O2S. The maximum atomic E-state index is 12.6. The van der Waals surface area contributed by atoms with Crippen molar-refractivity contribution in [3.05, 3.63) is 66.2 Å². The number of thiazole rings is 1. The van der Waals surface area contributed by atoms with Gasteiger partial charge in [0.25, 0.3) is 5.91 Å². The second kappa shape index (κ2) is 9.77. The third-order valence-corrected chi connectivity index (χ3v) is 7.11. The number of anilines is 1. The van der Waals surface area contributed by atoms with E-state index in [4.69, 9.17) is 9.72 Å². The van der Waals surface area contributed by atoms with Gasteiger partial charge < -0.3 is 15.0 Å². The molecule has 1 aliphatic rings. The topological polar surface area (TPSA) is 57.7 Å². The van der Waals surface area contributed by atoms with E-state index in [1.54, 1.807) is 11.3 Å². The summed E-state index contributed by atoms with van der Waals surface area (Å²) < 4.78 is 6.77. The van der Waals surface area contributed by atoms with Crippen LogP contribution in [0.3, 0.4) is 0 Å². The van der Waals surface area contributed by atoms with Gasteiger partial charge in [-0.1, -0.05) is 41.7 Å². The van der Waals surface area contributed by atoms with E-state index in [-0.39, 0.29) is 5.91 Å². The third-order valence-electron chi connectivity index (χ3n) is 6.03. The van der Waals surface area contributed by atoms with Crippen molar-refractivity contribution in [2.24, 2.45) is 0 Å². The summed E-state index contributed by atoms with van der Waals surface area (Å²) >= 11 is 1.72. The maximum absolute atomic E-state index is 12.6. The Labute approximate surface area is 197 Å². The van der Waals surface area contributed by atoms with Gasteiger partial charge in [0.15, 0.2) is 5.13 Å². The number of carbonyl (C=O) groups is 1. The lowest BCUT2D eigenvalue weighted by Crippen LogP contribution is -2.48. The molecule has 6 nitrogen and oxygen atoms in total. The number of rotatable bonds is 7. The number of nitrogens with zero attached hydrogens (tertiary/aromatic N) is 3. The number of carbonyl (C=O) groups excluding carboxylic acids is 1. The van der Waals surface area contributed by atoms with Crippen LogP contribution < -0.4 is 15.0 Å². The van der Waals surface area contributed by atoms with E-state index < -0.39 is 0 Å². The standard InChI is InChI=1S/C26H28N4O2S/c1-2-32-22-9-10-23-24(18-22)33-26(28-23)30-15-13-29(14-16-30)12-11-27-25(31)21-8-7-19-5-3-4-6-20(19)17-21/h3-10,17-18H,2,11-16H2,1H3,(H,27,31). The fraction of sp³-hybridized carbons (Fsp3) is 0.308. The van der Waals surface area contributed by atoms with E-state index in [2.05, 4.69) is 27.2 Å². The minimum Gasteiger partial charge on any atom is -0.494 e. The van der Waals surface area contributed by atoms with Gasteiger partial charge in [-0.25, -0.2) is 4.98 Å². The van der Waals surface area contributed by atoms with Crippen molar-refractivity contribution in [2.45, 2.75) is 6.92 Å². The van der Waals surface area contributed by atoms with Crippen LogP contribution in [0.15, 0.2) is 60.7 Å². The van der Waals surface area contributed by atoms with Crippen molar-refractivity contribution in [3.63, 3.8) is 0 Å². The summed E-state index contributed by atoms with van der Waals surface area (Å²) in [7, 11) is 0. The predicted octanol–water partition coefficient (Wildman–Crippen LogP) is 4.40. The molecule has 1 aromatic heterocycles. The van der Waals surface area contributed by atoms with Gasteiger partial charge in [-0.3, -0.25) is 9.69 Å². The fourth-order valence-corrected chi connectivity index (χ4v) is 5.25. The van der Waals surface area contributed by atoms with Gasteiger partial charge in [-0.2, -0.15) is 0 Å². The summed E-state index contributed by atoms with van der Waals surface area (Å²) in [6.07, 6.45) is 0. The second-order valence-corrected chi connectivity index (χ2v) is 9.21. The Balaban J connectivity index is 1.11. The molecule has 0 bridgehead atoms.